The molecule has 0 aromatic carbocycles. The van der Waals surface area contributed by atoms with Gasteiger partial charge in [-0.2, -0.15) is 0 Å². The lowest BCUT2D eigenvalue weighted by atomic mass is 10.3. The average molecular weight is 221 g/mol. The molecule has 0 unspecified atom stereocenters. The second-order valence-corrected chi connectivity index (χ2v) is 3.87. The molecule has 0 spiro atoms. The van der Waals surface area contributed by atoms with Crippen molar-refractivity contribution in [1.29, 1.82) is 0 Å². The molecule has 0 atom stereocenters. The van der Waals surface area contributed by atoms with E-state index in [9.17, 15) is 4.79 Å². The van der Waals surface area contributed by atoms with Gasteiger partial charge in [-0.3, -0.25) is 4.79 Å². The molecule has 1 heterocycles. The van der Waals surface area contributed by atoms with Gasteiger partial charge in [0, 0.05) is 25.0 Å². The third kappa shape index (κ3) is 3.22. The van der Waals surface area contributed by atoms with E-state index in [2.05, 4.69) is 16.4 Å². The maximum atomic E-state index is 11.9. The van der Waals surface area contributed by atoms with E-state index in [1.54, 1.807) is 17.0 Å². The molecule has 4 nitrogen and oxygen atoms in total. The summed E-state index contributed by atoms with van der Waals surface area (Å²) in [6.07, 6.45) is 8.31. The molecule has 0 fully saturated rings. The molecular formula is C12H19N3O. The van der Waals surface area contributed by atoms with Crippen LogP contribution in [0.1, 0.15) is 33.2 Å². The Kier molecular flexibility index (Phi) is 4.76. The molecule has 0 aliphatic rings. The van der Waals surface area contributed by atoms with Crippen molar-refractivity contribution in [2.75, 3.05) is 11.9 Å². The Bertz CT molecular complexity index is 407. The highest BCUT2D eigenvalue weighted by Gasteiger charge is 2.05. The lowest BCUT2D eigenvalue weighted by molar-refractivity contribution is 0.575. The normalized spacial score (nSPS) is 11.2. The number of anilines is 1. The Morgan fingerprint density at radius 2 is 2.31 bits per heavy atom. The van der Waals surface area contributed by atoms with Crippen molar-refractivity contribution in [1.82, 2.24) is 9.55 Å². The number of hydrogen-bond acceptors (Lipinski definition) is 3. The molecule has 1 rings (SSSR count). The zero-order valence-corrected chi connectivity index (χ0v) is 10.1. The largest absolute Gasteiger partial charge is 0.365 e. The number of aromatic nitrogens is 2. The Hall–Kier alpha value is -1.58. The van der Waals surface area contributed by atoms with E-state index >= 15 is 0 Å². The van der Waals surface area contributed by atoms with Crippen LogP contribution in [0.4, 0.5) is 5.82 Å². The summed E-state index contributed by atoms with van der Waals surface area (Å²) in [6, 6.07) is 0.159. The molecule has 0 amide bonds. The van der Waals surface area contributed by atoms with E-state index in [1.165, 1.54) is 0 Å². The summed E-state index contributed by atoms with van der Waals surface area (Å²) in [7, 11) is 0. The van der Waals surface area contributed by atoms with Crippen LogP contribution in [0.25, 0.3) is 0 Å². The Morgan fingerprint density at radius 3 is 2.94 bits per heavy atom. The number of nitrogens with zero attached hydrogens (tertiary/aromatic N) is 2. The van der Waals surface area contributed by atoms with Crippen LogP contribution in [0, 0.1) is 0 Å². The molecule has 4 heteroatoms. The van der Waals surface area contributed by atoms with Gasteiger partial charge in [-0.1, -0.05) is 12.2 Å². The molecule has 0 aliphatic carbocycles. The molecular weight excluding hydrogens is 202 g/mol. The van der Waals surface area contributed by atoms with Gasteiger partial charge in [-0.05, 0) is 27.2 Å². The summed E-state index contributed by atoms with van der Waals surface area (Å²) in [6.45, 7) is 6.66. The van der Waals surface area contributed by atoms with Crippen LogP contribution in [0.2, 0.25) is 0 Å². The smallest absolute Gasteiger partial charge is 0.293 e. The van der Waals surface area contributed by atoms with Crippen molar-refractivity contribution in [2.24, 2.45) is 0 Å². The van der Waals surface area contributed by atoms with Crippen LogP contribution in [0.5, 0.6) is 0 Å². The van der Waals surface area contributed by atoms with Crippen molar-refractivity contribution in [3.8, 4) is 0 Å². The lowest BCUT2D eigenvalue weighted by Crippen LogP contribution is -2.25. The van der Waals surface area contributed by atoms with E-state index < -0.39 is 0 Å². The minimum absolute atomic E-state index is 0.0574. The molecule has 1 N–H and O–H groups in total. The highest BCUT2D eigenvalue weighted by Crippen LogP contribution is 2.01. The molecule has 0 radical (unpaired) electrons. The number of allylic oxidation sites excluding steroid dienone is 1. The highest BCUT2D eigenvalue weighted by molar-refractivity contribution is 5.30. The fraction of sp³-hybridized carbons (Fsp3) is 0.500. The first-order valence-corrected chi connectivity index (χ1v) is 5.59. The van der Waals surface area contributed by atoms with Gasteiger partial charge in [0.05, 0.1) is 0 Å². The van der Waals surface area contributed by atoms with Crippen molar-refractivity contribution < 1.29 is 0 Å². The molecule has 88 valence electrons. The maximum Gasteiger partial charge on any atom is 0.293 e. The zero-order valence-electron chi connectivity index (χ0n) is 10.1. The molecule has 16 heavy (non-hydrogen) atoms. The summed E-state index contributed by atoms with van der Waals surface area (Å²) in [4.78, 5) is 15.9. The minimum Gasteiger partial charge on any atom is -0.365 e. The van der Waals surface area contributed by atoms with Gasteiger partial charge >= 0.3 is 0 Å². The predicted octanol–water partition coefficient (Wildman–Crippen LogP) is 2.20. The molecule has 0 aliphatic heterocycles. The van der Waals surface area contributed by atoms with Gasteiger partial charge in [0.1, 0.15) is 0 Å². The quantitative estimate of drug-likeness (QED) is 0.612. The molecule has 0 saturated heterocycles. The fourth-order valence-electron chi connectivity index (χ4n) is 1.39. The van der Waals surface area contributed by atoms with Gasteiger partial charge in [-0.25, -0.2) is 4.98 Å². The highest BCUT2D eigenvalue weighted by atomic mass is 16.1. The van der Waals surface area contributed by atoms with Gasteiger partial charge in [0.2, 0.25) is 0 Å². The second-order valence-electron chi connectivity index (χ2n) is 3.87. The van der Waals surface area contributed by atoms with Crippen molar-refractivity contribution in [3.63, 3.8) is 0 Å². The van der Waals surface area contributed by atoms with E-state index in [4.69, 9.17) is 0 Å². The van der Waals surface area contributed by atoms with Gasteiger partial charge < -0.3 is 9.88 Å². The third-order valence-corrected chi connectivity index (χ3v) is 2.26. The van der Waals surface area contributed by atoms with Crippen LogP contribution in [-0.4, -0.2) is 16.1 Å². The molecule has 1 aromatic heterocycles. The van der Waals surface area contributed by atoms with Gasteiger partial charge in [0.15, 0.2) is 5.82 Å². The number of nitrogens with one attached hydrogen (secondary N) is 1. The summed E-state index contributed by atoms with van der Waals surface area (Å²) >= 11 is 0. The summed E-state index contributed by atoms with van der Waals surface area (Å²) in [5, 5.41) is 3.05. The van der Waals surface area contributed by atoms with Gasteiger partial charge in [-0.15, -0.1) is 0 Å². The summed E-state index contributed by atoms with van der Waals surface area (Å²) < 4.78 is 1.67. The monoisotopic (exact) mass is 221 g/mol. The Labute approximate surface area is 96.0 Å². The average Bonchev–Trinajstić information content (AvgIpc) is 2.26. The SMILES string of the molecule is C/C=C/CCNc1nccn(C(C)C)c1=O. The zero-order chi connectivity index (χ0) is 12.0. The Balaban J connectivity index is 2.74. The van der Waals surface area contributed by atoms with Crippen LogP contribution >= 0.6 is 0 Å². The van der Waals surface area contributed by atoms with Crippen LogP contribution in [0.3, 0.4) is 0 Å². The number of rotatable bonds is 5. The summed E-state index contributed by atoms with van der Waals surface area (Å²) in [5.74, 6) is 0.431. The maximum absolute atomic E-state index is 11.9. The van der Waals surface area contributed by atoms with Crippen LogP contribution in [0.15, 0.2) is 29.3 Å². The van der Waals surface area contributed by atoms with Crippen LogP contribution in [-0.2, 0) is 0 Å². The summed E-state index contributed by atoms with van der Waals surface area (Å²) in [5.41, 5.74) is -0.0574. The first-order chi connectivity index (χ1) is 7.66. The van der Waals surface area contributed by atoms with Crippen LogP contribution < -0.4 is 10.9 Å². The first-order valence-electron chi connectivity index (χ1n) is 5.59. The lowest BCUT2D eigenvalue weighted by Gasteiger charge is -2.11. The van der Waals surface area contributed by atoms with E-state index in [0.717, 1.165) is 13.0 Å². The molecule has 0 bridgehead atoms. The van der Waals surface area contributed by atoms with Crippen molar-refractivity contribution in [3.05, 3.63) is 34.9 Å². The Morgan fingerprint density at radius 1 is 1.56 bits per heavy atom. The van der Waals surface area contributed by atoms with Crippen molar-refractivity contribution >= 4 is 5.82 Å². The topological polar surface area (TPSA) is 46.9 Å². The van der Waals surface area contributed by atoms with Crippen molar-refractivity contribution in [2.45, 2.75) is 33.2 Å². The molecule has 1 aromatic rings. The molecule has 0 saturated carbocycles. The fourth-order valence-corrected chi connectivity index (χ4v) is 1.39. The second kappa shape index (κ2) is 6.10. The first kappa shape index (κ1) is 12.5. The van der Waals surface area contributed by atoms with E-state index in [-0.39, 0.29) is 11.6 Å². The van der Waals surface area contributed by atoms with E-state index in [1.807, 2.05) is 26.8 Å². The third-order valence-electron chi connectivity index (χ3n) is 2.26. The predicted molar refractivity (Wildman–Crippen MR) is 66.8 cm³/mol. The van der Waals surface area contributed by atoms with E-state index in [0.29, 0.717) is 5.82 Å². The minimum atomic E-state index is -0.0574. The number of hydrogen-bond donors (Lipinski definition) is 1. The van der Waals surface area contributed by atoms with Gasteiger partial charge in [0.25, 0.3) is 5.56 Å². The standard InChI is InChI=1S/C12H19N3O/c1-4-5-6-7-13-11-12(16)15(10(2)3)9-8-14-11/h4-5,8-10H,6-7H2,1-3H3,(H,13,14)/b5-4+.